The zero-order valence-corrected chi connectivity index (χ0v) is 18.0. The van der Waals surface area contributed by atoms with E-state index in [0.29, 0.717) is 11.4 Å². The number of hydrogen-bond donors (Lipinski definition) is 1. The largest absolute Gasteiger partial charge is 1.00 e. The van der Waals surface area contributed by atoms with Crippen LogP contribution in [0.25, 0.3) is 0 Å². The van der Waals surface area contributed by atoms with Crippen LogP contribution >= 0.6 is 0 Å². The van der Waals surface area contributed by atoms with E-state index in [1.807, 2.05) is 24.3 Å². The molecule has 0 heterocycles. The zero-order valence-electron chi connectivity index (χ0n) is 15.2. The Balaban J connectivity index is 0.00000338. The fourth-order valence-corrected chi connectivity index (χ4v) is 2.69. The molecule has 2 rings (SSSR count). The summed E-state index contributed by atoms with van der Waals surface area (Å²) < 4.78 is 32.6. The predicted molar refractivity (Wildman–Crippen MR) is 97.7 cm³/mol. The van der Waals surface area contributed by atoms with E-state index in [9.17, 15) is 13.0 Å². The minimum Gasteiger partial charge on any atom is -0.744 e. The average Bonchev–Trinajstić information content (AvgIpc) is 2.60. The van der Waals surface area contributed by atoms with Crippen molar-refractivity contribution in [1.82, 2.24) is 0 Å². The molecule has 0 amide bonds. The summed E-state index contributed by atoms with van der Waals surface area (Å²) in [6.45, 7) is 3.15. The average molecular weight is 383 g/mol. The molecule has 1 N–H and O–H groups in total. The van der Waals surface area contributed by atoms with E-state index in [4.69, 9.17) is 0 Å². The fourth-order valence-electron chi connectivity index (χ4n) is 2.23. The summed E-state index contributed by atoms with van der Waals surface area (Å²) in [5, 5.41) is 11.5. The molecular formula is C18H22N3NaO3S. The molecule has 0 spiro atoms. The maximum absolute atomic E-state index is 10.9. The van der Waals surface area contributed by atoms with Crippen LogP contribution in [0, 0.1) is 0 Å². The molecule has 2 aromatic rings. The summed E-state index contributed by atoms with van der Waals surface area (Å²) in [6, 6.07) is 12.9. The molecule has 0 bridgehead atoms. The van der Waals surface area contributed by atoms with Crippen LogP contribution in [0.4, 0.5) is 17.1 Å². The van der Waals surface area contributed by atoms with Crippen molar-refractivity contribution in [1.29, 1.82) is 0 Å². The zero-order chi connectivity index (χ0) is 18.1. The molecular weight excluding hydrogens is 361 g/mol. The van der Waals surface area contributed by atoms with Crippen LogP contribution in [0.5, 0.6) is 0 Å². The predicted octanol–water partition coefficient (Wildman–Crippen LogP) is 2.00. The van der Waals surface area contributed by atoms with Crippen molar-refractivity contribution in [3.8, 4) is 0 Å². The molecule has 0 fully saturated rings. The molecule has 2 aromatic carbocycles. The molecule has 8 heteroatoms. The van der Waals surface area contributed by atoms with Gasteiger partial charge in [-0.15, -0.1) is 0 Å². The van der Waals surface area contributed by atoms with E-state index in [1.165, 1.54) is 43.5 Å². The Morgan fingerprint density at radius 2 is 1.42 bits per heavy atom. The second kappa shape index (κ2) is 11.5. The molecule has 0 unspecified atom stereocenters. The molecule has 0 aliphatic rings. The van der Waals surface area contributed by atoms with Crippen molar-refractivity contribution in [2.24, 2.45) is 10.2 Å². The van der Waals surface area contributed by atoms with Gasteiger partial charge in [-0.2, -0.15) is 10.2 Å². The van der Waals surface area contributed by atoms with Crippen LogP contribution in [0.1, 0.15) is 32.6 Å². The smallest absolute Gasteiger partial charge is 0.744 e. The van der Waals surface area contributed by atoms with Gasteiger partial charge in [0.1, 0.15) is 10.1 Å². The third kappa shape index (κ3) is 7.97. The summed E-state index contributed by atoms with van der Waals surface area (Å²) in [7, 11) is -4.43. The molecule has 6 nitrogen and oxygen atoms in total. The first-order chi connectivity index (χ1) is 12.0. The first-order valence-corrected chi connectivity index (χ1v) is 9.71. The van der Waals surface area contributed by atoms with Crippen molar-refractivity contribution in [2.75, 3.05) is 11.9 Å². The van der Waals surface area contributed by atoms with Gasteiger partial charge in [-0.1, -0.05) is 26.2 Å². The number of rotatable bonds is 9. The molecule has 0 saturated carbocycles. The van der Waals surface area contributed by atoms with Gasteiger partial charge in [-0.05, 0) is 55.0 Å². The number of nitrogens with zero attached hydrogens (tertiary/aromatic N) is 2. The Hall–Kier alpha value is -1.25. The summed E-state index contributed by atoms with van der Waals surface area (Å²) in [5.41, 5.74) is 2.21. The number of benzene rings is 2. The fraction of sp³-hybridized carbons (Fsp3) is 0.333. The molecule has 0 atom stereocenters. The summed E-state index contributed by atoms with van der Waals surface area (Å²) >= 11 is 0. The van der Waals surface area contributed by atoms with Gasteiger partial charge in [0, 0.05) is 12.2 Å². The molecule has 26 heavy (non-hydrogen) atoms. The first-order valence-electron chi connectivity index (χ1n) is 8.30. The normalized spacial score (nSPS) is 11.3. The quantitative estimate of drug-likeness (QED) is 0.310. The first kappa shape index (κ1) is 22.8. The van der Waals surface area contributed by atoms with Crippen LogP contribution in [0.15, 0.2) is 63.7 Å². The van der Waals surface area contributed by atoms with E-state index in [1.54, 1.807) is 0 Å². The summed E-state index contributed by atoms with van der Waals surface area (Å²) in [6.07, 6.45) is 4.89. The van der Waals surface area contributed by atoms with E-state index in [2.05, 4.69) is 22.5 Å². The Kier molecular flexibility index (Phi) is 10.0. The number of unbranched alkanes of at least 4 members (excludes halogenated alkanes) is 3. The van der Waals surface area contributed by atoms with Gasteiger partial charge >= 0.3 is 29.6 Å². The minimum atomic E-state index is -4.43. The minimum absolute atomic E-state index is 0. The molecule has 0 saturated heterocycles. The molecule has 0 radical (unpaired) electrons. The van der Waals surface area contributed by atoms with Crippen molar-refractivity contribution in [2.45, 2.75) is 37.5 Å². The van der Waals surface area contributed by atoms with Gasteiger partial charge in [-0.25, -0.2) is 8.42 Å². The van der Waals surface area contributed by atoms with Crippen molar-refractivity contribution in [3.63, 3.8) is 0 Å². The van der Waals surface area contributed by atoms with Crippen molar-refractivity contribution < 1.29 is 42.5 Å². The second-order valence-corrected chi connectivity index (χ2v) is 7.06. The maximum atomic E-state index is 10.9. The number of hydrogen-bond acceptors (Lipinski definition) is 6. The van der Waals surface area contributed by atoms with Crippen molar-refractivity contribution >= 4 is 27.2 Å². The van der Waals surface area contributed by atoms with E-state index < -0.39 is 10.1 Å². The Morgan fingerprint density at radius 1 is 0.885 bits per heavy atom. The molecule has 134 valence electrons. The summed E-state index contributed by atoms with van der Waals surface area (Å²) in [4.78, 5) is -0.277. The van der Waals surface area contributed by atoms with E-state index in [0.717, 1.165) is 18.7 Å². The standard InChI is InChI=1S/C18H23N3O3S.Na/c1-2-3-4-5-14-19-15-6-8-16(9-7-15)20-21-17-10-12-18(13-11-17)25(22,23)24;/h6-13,19H,2-5,14H2,1H3,(H,22,23,24);/q;+1/p-1. The van der Waals surface area contributed by atoms with Gasteiger partial charge < -0.3 is 9.87 Å². The molecule has 0 aliphatic heterocycles. The van der Waals surface area contributed by atoms with E-state index >= 15 is 0 Å². The number of nitrogens with one attached hydrogen (secondary N) is 1. The van der Waals surface area contributed by atoms with Gasteiger partial charge in [0.25, 0.3) is 0 Å². The Bertz CT molecular complexity index is 791. The van der Waals surface area contributed by atoms with Gasteiger partial charge in [0.15, 0.2) is 0 Å². The number of anilines is 1. The van der Waals surface area contributed by atoms with Crippen LogP contribution in [-0.4, -0.2) is 19.5 Å². The molecule has 0 aromatic heterocycles. The van der Waals surface area contributed by atoms with Crippen molar-refractivity contribution in [3.05, 3.63) is 48.5 Å². The third-order valence-electron chi connectivity index (χ3n) is 3.63. The SMILES string of the molecule is CCCCCCNc1ccc(N=Nc2ccc(S(=O)(=O)[O-])cc2)cc1.[Na+]. The third-order valence-corrected chi connectivity index (χ3v) is 4.48. The topological polar surface area (TPSA) is 94.0 Å². The van der Waals surface area contributed by atoms with E-state index in [-0.39, 0.29) is 34.5 Å². The van der Waals surface area contributed by atoms with Crippen LogP contribution in [0.2, 0.25) is 0 Å². The monoisotopic (exact) mass is 383 g/mol. The van der Waals surface area contributed by atoms with Gasteiger partial charge in [-0.3, -0.25) is 0 Å². The second-order valence-electron chi connectivity index (χ2n) is 5.68. The number of azo groups is 1. The molecule has 0 aliphatic carbocycles. The van der Waals surface area contributed by atoms with Crippen LogP contribution in [-0.2, 0) is 10.1 Å². The van der Waals surface area contributed by atoms with Crippen LogP contribution < -0.4 is 34.9 Å². The Morgan fingerprint density at radius 3 is 1.92 bits per heavy atom. The maximum Gasteiger partial charge on any atom is 1.00 e. The Labute approximate surface area is 177 Å². The van der Waals surface area contributed by atoms with Gasteiger partial charge in [0.05, 0.1) is 16.3 Å². The summed E-state index contributed by atoms with van der Waals surface area (Å²) in [5.74, 6) is 0. The van der Waals surface area contributed by atoms with Gasteiger partial charge in [0.2, 0.25) is 0 Å². The van der Waals surface area contributed by atoms with Crippen LogP contribution in [0.3, 0.4) is 0 Å².